The molecule has 11 nitrogen and oxygen atoms in total. The second-order valence-corrected chi connectivity index (χ2v) is 13.0. The molecule has 1 saturated carbocycles. The van der Waals surface area contributed by atoms with Gasteiger partial charge >= 0.3 is 0 Å². The van der Waals surface area contributed by atoms with E-state index in [1.54, 1.807) is 41.8 Å². The largest absolute Gasteiger partial charge is 0.508 e. The van der Waals surface area contributed by atoms with Crippen LogP contribution in [0.2, 0.25) is 0 Å². The van der Waals surface area contributed by atoms with E-state index >= 15 is 0 Å². The predicted molar refractivity (Wildman–Crippen MR) is 161 cm³/mol. The SMILES string of the molecule is CC(C)(Cc1ncc(-c2nnn(-c3ccc(O)cc3)n2)s1)c1cc(CN2CCOCC2)cc(NC2CCC(O)CC2)n1. The number of phenolic OH excluding ortho intramolecular Hbond substituents is 1. The van der Waals surface area contributed by atoms with Gasteiger partial charge < -0.3 is 20.3 Å². The number of hydrogen-bond acceptors (Lipinski definition) is 11. The van der Waals surface area contributed by atoms with E-state index in [9.17, 15) is 10.2 Å². The number of thiazole rings is 1. The van der Waals surface area contributed by atoms with Crippen LogP contribution in [-0.2, 0) is 23.1 Å². The van der Waals surface area contributed by atoms with Gasteiger partial charge in [-0.2, -0.15) is 0 Å². The highest BCUT2D eigenvalue weighted by Crippen LogP contribution is 2.33. The number of phenols is 1. The molecule has 12 heteroatoms. The summed E-state index contributed by atoms with van der Waals surface area (Å²) in [5.41, 5.74) is 2.71. The van der Waals surface area contributed by atoms with E-state index in [1.807, 2.05) is 0 Å². The van der Waals surface area contributed by atoms with Crippen molar-refractivity contribution in [2.24, 2.45) is 0 Å². The summed E-state index contributed by atoms with van der Waals surface area (Å²) >= 11 is 1.57. The van der Waals surface area contributed by atoms with E-state index in [-0.39, 0.29) is 17.3 Å². The predicted octanol–water partition coefficient (Wildman–Crippen LogP) is 3.95. The molecule has 4 aromatic rings. The highest BCUT2D eigenvalue weighted by atomic mass is 32.1. The second-order valence-electron chi connectivity index (χ2n) is 11.9. The number of morpholine rings is 1. The van der Waals surface area contributed by atoms with Crippen LogP contribution >= 0.6 is 11.3 Å². The first kappa shape index (κ1) is 28.7. The average molecular weight is 591 g/mol. The zero-order valence-electron chi connectivity index (χ0n) is 24.1. The van der Waals surface area contributed by atoms with Crippen LogP contribution in [0.4, 0.5) is 5.82 Å². The molecule has 2 fully saturated rings. The Morgan fingerprint density at radius 2 is 1.83 bits per heavy atom. The minimum atomic E-state index is -0.271. The van der Waals surface area contributed by atoms with E-state index in [2.05, 4.69) is 51.6 Å². The third kappa shape index (κ3) is 6.95. The van der Waals surface area contributed by atoms with Crippen molar-refractivity contribution >= 4 is 17.2 Å². The zero-order valence-corrected chi connectivity index (χ0v) is 24.9. The fourth-order valence-corrected chi connectivity index (χ4v) is 6.59. The van der Waals surface area contributed by atoms with Gasteiger partial charge in [0.2, 0.25) is 5.82 Å². The van der Waals surface area contributed by atoms with Gasteiger partial charge in [0.15, 0.2) is 0 Å². The molecular weight excluding hydrogens is 552 g/mol. The maximum absolute atomic E-state index is 9.96. The summed E-state index contributed by atoms with van der Waals surface area (Å²) in [6.45, 7) is 8.68. The summed E-state index contributed by atoms with van der Waals surface area (Å²) in [5, 5.41) is 37.1. The molecule has 4 heterocycles. The van der Waals surface area contributed by atoms with Crippen LogP contribution in [0.3, 0.4) is 0 Å². The number of aliphatic hydroxyl groups is 1. The van der Waals surface area contributed by atoms with Crippen molar-refractivity contribution in [3.63, 3.8) is 0 Å². The third-order valence-electron chi connectivity index (χ3n) is 8.00. The van der Waals surface area contributed by atoms with Gasteiger partial charge in [0, 0.05) is 49.4 Å². The first-order chi connectivity index (χ1) is 20.3. The number of hydrogen-bond donors (Lipinski definition) is 3. The van der Waals surface area contributed by atoms with Crippen LogP contribution in [0.5, 0.6) is 5.75 Å². The minimum absolute atomic E-state index is 0.186. The van der Waals surface area contributed by atoms with Crippen molar-refractivity contribution < 1.29 is 14.9 Å². The van der Waals surface area contributed by atoms with E-state index in [4.69, 9.17) is 14.7 Å². The molecule has 0 unspecified atom stereocenters. The average Bonchev–Trinajstić information content (AvgIpc) is 3.65. The van der Waals surface area contributed by atoms with Crippen molar-refractivity contribution in [2.75, 3.05) is 31.6 Å². The summed E-state index contributed by atoms with van der Waals surface area (Å²) in [7, 11) is 0. The molecule has 222 valence electrons. The Kier molecular flexibility index (Phi) is 8.48. The fraction of sp³-hybridized carbons (Fsp3) is 0.500. The normalized spacial score (nSPS) is 20.1. The number of anilines is 1. The zero-order chi connectivity index (χ0) is 29.1. The number of aromatic hydroxyl groups is 1. The molecule has 0 bridgehead atoms. The van der Waals surface area contributed by atoms with Crippen LogP contribution in [0.15, 0.2) is 42.6 Å². The first-order valence-electron chi connectivity index (χ1n) is 14.6. The molecule has 1 aliphatic heterocycles. The summed E-state index contributed by atoms with van der Waals surface area (Å²) in [6.07, 6.45) is 5.88. The molecule has 3 aromatic heterocycles. The molecule has 0 atom stereocenters. The van der Waals surface area contributed by atoms with Crippen LogP contribution in [-0.4, -0.2) is 83.7 Å². The lowest BCUT2D eigenvalue weighted by Crippen LogP contribution is -2.36. The Hall–Kier alpha value is -3.45. The van der Waals surface area contributed by atoms with Crippen molar-refractivity contribution in [1.82, 2.24) is 35.1 Å². The standard InChI is InChI=1S/C30H38N8O3S/c1-30(2,17-28-31-18-25(42-28)29-34-36-38(35-29)22-5-9-24(40)10-6-22)26-15-20(19-37-11-13-41-14-12-37)16-27(33-26)32-21-3-7-23(39)8-4-21/h5-6,9-10,15-16,18,21,23,39-40H,3-4,7-8,11-14,17,19H2,1-2H3,(H,32,33). The maximum Gasteiger partial charge on any atom is 0.216 e. The Balaban J connectivity index is 1.20. The Labute approximate surface area is 249 Å². The van der Waals surface area contributed by atoms with Gasteiger partial charge in [-0.05, 0) is 72.9 Å². The fourth-order valence-electron chi connectivity index (χ4n) is 5.52. The summed E-state index contributed by atoms with van der Waals surface area (Å²) in [4.78, 5) is 14.6. The maximum atomic E-state index is 9.96. The molecule has 1 aromatic carbocycles. The van der Waals surface area contributed by atoms with E-state index in [1.165, 1.54) is 10.4 Å². The molecule has 3 N–H and O–H groups in total. The highest BCUT2D eigenvalue weighted by Gasteiger charge is 2.27. The van der Waals surface area contributed by atoms with Crippen molar-refractivity contribution in [2.45, 2.75) is 70.1 Å². The molecule has 0 radical (unpaired) electrons. The van der Waals surface area contributed by atoms with Gasteiger partial charge in [-0.15, -0.1) is 26.3 Å². The smallest absolute Gasteiger partial charge is 0.216 e. The molecule has 0 spiro atoms. The highest BCUT2D eigenvalue weighted by molar-refractivity contribution is 7.15. The number of aromatic nitrogens is 6. The van der Waals surface area contributed by atoms with Gasteiger partial charge in [-0.3, -0.25) is 4.90 Å². The molecular formula is C30H38N8O3S. The molecule has 42 heavy (non-hydrogen) atoms. The molecule has 6 rings (SSSR count). The Morgan fingerprint density at radius 3 is 2.60 bits per heavy atom. The van der Waals surface area contributed by atoms with Crippen LogP contribution < -0.4 is 5.32 Å². The number of pyridine rings is 1. The summed E-state index contributed by atoms with van der Waals surface area (Å²) in [5.74, 6) is 1.60. The summed E-state index contributed by atoms with van der Waals surface area (Å²) in [6, 6.07) is 11.4. The first-order valence-corrected chi connectivity index (χ1v) is 15.4. The van der Waals surface area contributed by atoms with Crippen LogP contribution in [0.1, 0.15) is 55.8 Å². The Morgan fingerprint density at radius 1 is 1.07 bits per heavy atom. The van der Waals surface area contributed by atoms with Gasteiger partial charge in [-0.25, -0.2) is 9.97 Å². The van der Waals surface area contributed by atoms with Crippen LogP contribution in [0.25, 0.3) is 16.4 Å². The third-order valence-corrected chi connectivity index (χ3v) is 8.99. The molecule has 1 saturated heterocycles. The molecule has 2 aliphatic rings. The van der Waals surface area contributed by atoms with Crippen molar-refractivity contribution in [3.05, 3.63) is 58.9 Å². The minimum Gasteiger partial charge on any atom is -0.508 e. The monoisotopic (exact) mass is 590 g/mol. The lowest BCUT2D eigenvalue weighted by atomic mass is 9.84. The van der Waals surface area contributed by atoms with Gasteiger partial charge in [0.1, 0.15) is 11.6 Å². The van der Waals surface area contributed by atoms with E-state index in [0.717, 1.165) is 79.9 Å². The van der Waals surface area contributed by atoms with Crippen molar-refractivity contribution in [3.8, 4) is 22.1 Å². The van der Waals surface area contributed by atoms with Crippen LogP contribution in [0, 0.1) is 0 Å². The van der Waals surface area contributed by atoms with Crippen molar-refractivity contribution in [1.29, 1.82) is 0 Å². The number of ether oxygens (including phenoxy) is 1. The number of rotatable bonds is 9. The lowest BCUT2D eigenvalue weighted by molar-refractivity contribution is 0.0341. The summed E-state index contributed by atoms with van der Waals surface area (Å²) < 4.78 is 5.56. The number of nitrogens with one attached hydrogen (secondary N) is 1. The quantitative estimate of drug-likeness (QED) is 0.263. The molecule has 0 amide bonds. The van der Waals surface area contributed by atoms with Gasteiger partial charge in [0.05, 0.1) is 34.9 Å². The van der Waals surface area contributed by atoms with E-state index < -0.39 is 0 Å². The second kappa shape index (κ2) is 12.4. The number of benzene rings is 1. The van der Waals surface area contributed by atoms with Gasteiger partial charge in [-0.1, -0.05) is 13.8 Å². The van der Waals surface area contributed by atoms with E-state index in [0.29, 0.717) is 24.0 Å². The number of aliphatic hydroxyl groups excluding tert-OH is 1. The Bertz CT molecular complexity index is 1470. The number of tetrazole rings is 1. The molecule has 1 aliphatic carbocycles. The van der Waals surface area contributed by atoms with Gasteiger partial charge in [0.25, 0.3) is 0 Å². The number of nitrogens with zero attached hydrogens (tertiary/aromatic N) is 7. The lowest BCUT2D eigenvalue weighted by Gasteiger charge is -2.30. The topological polar surface area (TPSA) is 134 Å².